The lowest BCUT2D eigenvalue weighted by molar-refractivity contribution is -0.147. The summed E-state index contributed by atoms with van der Waals surface area (Å²) in [4.78, 5) is 49.4. The number of rotatable bonds is 13. The maximum absolute atomic E-state index is 14.8. The molecule has 44 heavy (non-hydrogen) atoms. The third-order valence-corrected chi connectivity index (χ3v) is 13.2. The molecule has 4 fully saturated rings. The monoisotopic (exact) mass is 687 g/mol. The Hall–Kier alpha value is -2.30. The van der Waals surface area contributed by atoms with E-state index in [2.05, 4.69) is 29.1 Å². The highest BCUT2D eigenvalue weighted by molar-refractivity contribution is 9.09. The van der Waals surface area contributed by atoms with Crippen LogP contribution in [-0.2, 0) is 14.4 Å². The summed E-state index contributed by atoms with van der Waals surface area (Å²) >= 11 is 5.53. The molecule has 10 heteroatoms. The largest absolute Gasteiger partial charge is 0.494 e. The number of likely N-dealkylation sites (tertiary alicyclic amines) is 1. The van der Waals surface area contributed by atoms with Crippen molar-refractivity contribution in [3.8, 4) is 5.75 Å². The van der Waals surface area contributed by atoms with Crippen molar-refractivity contribution < 1.29 is 24.2 Å². The zero-order valence-corrected chi connectivity index (χ0v) is 28.3. The number of amides is 3. The second kappa shape index (κ2) is 14.0. The van der Waals surface area contributed by atoms with Crippen molar-refractivity contribution in [3.63, 3.8) is 0 Å². The van der Waals surface area contributed by atoms with Gasteiger partial charge in [0.2, 0.25) is 17.7 Å². The zero-order chi connectivity index (χ0) is 31.6. The number of carbonyl (C=O) groups is 3. The molecule has 8 nitrogen and oxygen atoms in total. The molecule has 1 aromatic rings. The van der Waals surface area contributed by atoms with Crippen LogP contribution < -0.4 is 9.64 Å². The van der Waals surface area contributed by atoms with E-state index in [1.54, 1.807) is 33.7 Å². The standard InChI is InChI=1S/C34H46BrN3O5S/c1-5-18-36(24-14-16-25(17-15-24)43-8-4)31(40)27-28-32(41)38(22(7-3)21-39)30(34(28)20-26(35)29(27)44-34)33(42)37(19-6-2)23-12-10-9-11-13-23/h5-6,14-17,22-23,26-30,39H,1-2,7-13,18-21H2,3-4H3/t22-,26?,27+,28-,29+,30?,34?/m0/s1. The molecule has 7 atom stereocenters. The van der Waals surface area contributed by atoms with Gasteiger partial charge < -0.3 is 24.5 Å². The van der Waals surface area contributed by atoms with E-state index in [-0.39, 0.29) is 47.0 Å². The van der Waals surface area contributed by atoms with Crippen molar-refractivity contribution in [2.24, 2.45) is 11.8 Å². The lowest BCUT2D eigenvalue weighted by Gasteiger charge is -2.42. The number of thioether (sulfide) groups is 1. The fourth-order valence-corrected chi connectivity index (χ4v) is 11.7. The van der Waals surface area contributed by atoms with Gasteiger partial charge >= 0.3 is 0 Å². The third-order valence-electron chi connectivity index (χ3n) is 9.98. The summed E-state index contributed by atoms with van der Waals surface area (Å²) in [6.07, 6.45) is 9.76. The first kappa shape index (κ1) is 33.1. The lowest BCUT2D eigenvalue weighted by Crippen LogP contribution is -2.59. The second-order valence-corrected chi connectivity index (χ2v) is 15.1. The van der Waals surface area contributed by atoms with Crippen LogP contribution in [0.5, 0.6) is 5.75 Å². The van der Waals surface area contributed by atoms with Gasteiger partial charge in [0.1, 0.15) is 11.8 Å². The maximum atomic E-state index is 14.8. The van der Waals surface area contributed by atoms with Crippen molar-refractivity contribution in [1.29, 1.82) is 0 Å². The van der Waals surface area contributed by atoms with Crippen LogP contribution >= 0.6 is 27.7 Å². The van der Waals surface area contributed by atoms with E-state index >= 15 is 0 Å². The smallest absolute Gasteiger partial charge is 0.247 e. The minimum atomic E-state index is -0.775. The van der Waals surface area contributed by atoms with Crippen LogP contribution in [0.15, 0.2) is 49.6 Å². The Kier molecular flexibility index (Phi) is 10.5. The lowest BCUT2D eigenvalue weighted by atomic mass is 9.70. The van der Waals surface area contributed by atoms with Gasteiger partial charge in [-0.25, -0.2) is 0 Å². The van der Waals surface area contributed by atoms with Crippen molar-refractivity contribution in [1.82, 2.24) is 9.80 Å². The average Bonchev–Trinajstić information content (AvgIpc) is 3.63. The molecule has 3 saturated heterocycles. The summed E-state index contributed by atoms with van der Waals surface area (Å²) in [6, 6.07) is 6.24. The summed E-state index contributed by atoms with van der Waals surface area (Å²) < 4.78 is 4.83. The summed E-state index contributed by atoms with van der Waals surface area (Å²) in [7, 11) is 0. The number of aliphatic hydroxyl groups excluding tert-OH is 1. The quantitative estimate of drug-likeness (QED) is 0.227. The van der Waals surface area contributed by atoms with E-state index in [1.165, 1.54) is 0 Å². The molecule has 3 unspecified atom stereocenters. The Morgan fingerprint density at radius 1 is 1.14 bits per heavy atom. The Bertz CT molecular complexity index is 1240. The molecule has 0 aromatic heterocycles. The van der Waals surface area contributed by atoms with E-state index in [1.807, 2.05) is 43.0 Å². The Morgan fingerprint density at radius 2 is 1.82 bits per heavy atom. The molecule has 2 bridgehead atoms. The number of anilines is 1. The number of alkyl halides is 1. The zero-order valence-electron chi connectivity index (χ0n) is 25.9. The van der Waals surface area contributed by atoms with Crippen LogP contribution in [0.4, 0.5) is 5.69 Å². The highest BCUT2D eigenvalue weighted by atomic mass is 79.9. The number of halogens is 1. The van der Waals surface area contributed by atoms with Gasteiger partial charge in [0, 0.05) is 34.9 Å². The predicted octanol–water partition coefficient (Wildman–Crippen LogP) is 5.19. The van der Waals surface area contributed by atoms with Gasteiger partial charge in [0.05, 0.1) is 35.8 Å². The number of nitrogens with zero attached hydrogens (tertiary/aromatic N) is 3. The number of fused-ring (bicyclic) bond motifs is 1. The number of ether oxygens (including phenoxy) is 1. The van der Waals surface area contributed by atoms with Gasteiger partial charge in [-0.3, -0.25) is 14.4 Å². The van der Waals surface area contributed by atoms with Gasteiger partial charge in [0.25, 0.3) is 0 Å². The van der Waals surface area contributed by atoms with Crippen LogP contribution in [0, 0.1) is 11.8 Å². The number of carbonyl (C=O) groups excluding carboxylic acids is 3. The molecule has 4 aliphatic rings. The minimum absolute atomic E-state index is 0.0385. The topological polar surface area (TPSA) is 90.4 Å². The van der Waals surface area contributed by atoms with E-state index in [0.29, 0.717) is 31.7 Å². The van der Waals surface area contributed by atoms with Crippen LogP contribution in [0.1, 0.15) is 58.8 Å². The minimum Gasteiger partial charge on any atom is -0.494 e. The molecule has 240 valence electrons. The molecule has 1 aliphatic carbocycles. The molecule has 3 amide bonds. The molecule has 5 rings (SSSR count). The van der Waals surface area contributed by atoms with Gasteiger partial charge in [-0.2, -0.15) is 0 Å². The summed E-state index contributed by atoms with van der Waals surface area (Å²) in [5.41, 5.74) is 0.706. The molecule has 1 saturated carbocycles. The third kappa shape index (κ3) is 5.64. The molecular formula is C34H46BrN3O5S. The van der Waals surface area contributed by atoms with Crippen molar-refractivity contribution in [3.05, 3.63) is 49.6 Å². The first-order valence-electron chi connectivity index (χ1n) is 16.1. The van der Waals surface area contributed by atoms with E-state index < -0.39 is 28.7 Å². The van der Waals surface area contributed by atoms with Gasteiger partial charge in [-0.1, -0.05) is 54.3 Å². The maximum Gasteiger partial charge on any atom is 0.247 e. The average molecular weight is 689 g/mol. The van der Waals surface area contributed by atoms with Crippen LogP contribution in [0.25, 0.3) is 0 Å². The Balaban J connectivity index is 1.56. The van der Waals surface area contributed by atoms with E-state index in [9.17, 15) is 19.5 Å². The summed E-state index contributed by atoms with van der Waals surface area (Å²) in [6.45, 7) is 12.7. The van der Waals surface area contributed by atoms with E-state index in [4.69, 9.17) is 4.74 Å². The summed E-state index contributed by atoms with van der Waals surface area (Å²) in [5.74, 6) is -0.982. The summed E-state index contributed by atoms with van der Waals surface area (Å²) in [5, 5.41) is 10.3. The van der Waals surface area contributed by atoms with Crippen LogP contribution in [-0.4, -0.2) is 91.9 Å². The number of hydrogen-bond donors (Lipinski definition) is 1. The predicted molar refractivity (Wildman–Crippen MR) is 179 cm³/mol. The normalized spacial score (nSPS) is 30.1. The second-order valence-electron chi connectivity index (χ2n) is 12.4. The van der Waals surface area contributed by atoms with Gasteiger partial charge in [0.15, 0.2) is 0 Å². The Morgan fingerprint density at radius 3 is 2.41 bits per heavy atom. The molecule has 1 N–H and O–H groups in total. The molecule has 3 aliphatic heterocycles. The molecular weight excluding hydrogens is 642 g/mol. The van der Waals surface area contributed by atoms with E-state index in [0.717, 1.165) is 37.9 Å². The SMILES string of the molecule is C=CCN(C(=O)[C@H]1[C@@H]2SC3(CC2Br)C(C(=O)N(CC=C)C2CCCCC2)N([C@@H](CC)CO)C(=O)[C@H]13)c1ccc(OCC)cc1. The number of aliphatic hydroxyl groups is 1. The Labute approximate surface area is 274 Å². The fraction of sp³-hybridized carbons (Fsp3) is 0.618. The first-order chi connectivity index (χ1) is 21.3. The number of hydrogen-bond acceptors (Lipinski definition) is 6. The molecule has 0 radical (unpaired) electrons. The number of benzene rings is 1. The highest BCUT2D eigenvalue weighted by Gasteiger charge is 2.76. The van der Waals surface area contributed by atoms with Gasteiger partial charge in [-0.05, 0) is 56.9 Å². The van der Waals surface area contributed by atoms with Crippen molar-refractivity contribution in [2.75, 3.05) is 31.2 Å². The highest BCUT2D eigenvalue weighted by Crippen LogP contribution is 2.68. The molecule has 1 spiro atoms. The van der Waals surface area contributed by atoms with Crippen molar-refractivity contribution in [2.45, 2.75) is 91.7 Å². The molecule has 1 aromatic carbocycles. The van der Waals surface area contributed by atoms with Gasteiger partial charge in [-0.15, -0.1) is 24.9 Å². The first-order valence-corrected chi connectivity index (χ1v) is 17.9. The molecule has 3 heterocycles. The van der Waals surface area contributed by atoms with Crippen molar-refractivity contribution >= 4 is 51.1 Å². The van der Waals surface area contributed by atoms with Crippen LogP contribution in [0.2, 0.25) is 0 Å². The van der Waals surface area contributed by atoms with Crippen LogP contribution in [0.3, 0.4) is 0 Å². The fourth-order valence-electron chi connectivity index (χ4n) is 8.06.